The van der Waals surface area contributed by atoms with Crippen LogP contribution >= 0.6 is 0 Å². The first kappa shape index (κ1) is 17.5. The number of rotatable bonds is 6. The number of esters is 1. The molecule has 9 heteroatoms. The number of aromatic nitrogens is 3. The normalized spacial score (nSPS) is 25.9. The first-order valence-electron chi connectivity index (χ1n) is 7.92. The van der Waals surface area contributed by atoms with E-state index in [0.717, 1.165) is 0 Å². The second-order valence-corrected chi connectivity index (χ2v) is 5.92. The number of benzene rings is 1. The number of carbonyl (C=O) groups excluding carboxylic acids is 1. The van der Waals surface area contributed by atoms with E-state index >= 15 is 0 Å². The number of nitrogens with zero attached hydrogens (tertiary/aromatic N) is 3. The zero-order chi connectivity index (χ0) is 17.8. The van der Waals surface area contributed by atoms with E-state index in [0.29, 0.717) is 11.3 Å². The highest BCUT2D eigenvalue weighted by Crippen LogP contribution is 2.15. The minimum Gasteiger partial charge on any atom is -0.455 e. The minimum atomic E-state index is -1.04. The molecule has 1 fully saturated rings. The van der Waals surface area contributed by atoms with Gasteiger partial charge in [0.15, 0.2) is 0 Å². The smallest absolute Gasteiger partial charge is 0.338 e. The van der Waals surface area contributed by atoms with Crippen LogP contribution in [0.15, 0.2) is 36.5 Å². The number of hydrogen-bond acceptors (Lipinski definition) is 8. The van der Waals surface area contributed by atoms with E-state index in [9.17, 15) is 15.0 Å². The Hall–Kier alpha value is -2.33. The van der Waals surface area contributed by atoms with Gasteiger partial charge in [0.1, 0.15) is 12.3 Å². The lowest BCUT2D eigenvalue weighted by atomic mass is 10.1. The molecule has 0 bridgehead atoms. The van der Waals surface area contributed by atoms with E-state index in [1.807, 2.05) is 6.07 Å². The molecule has 0 spiro atoms. The van der Waals surface area contributed by atoms with Gasteiger partial charge in [-0.2, -0.15) is 0 Å². The summed E-state index contributed by atoms with van der Waals surface area (Å²) < 4.78 is 6.66. The number of ether oxygens (including phenoxy) is 1. The fourth-order valence-corrected chi connectivity index (χ4v) is 2.76. The Labute approximate surface area is 143 Å². The lowest BCUT2D eigenvalue weighted by Crippen LogP contribution is -2.38. The van der Waals surface area contributed by atoms with Crippen molar-refractivity contribution in [2.75, 3.05) is 6.61 Å². The maximum atomic E-state index is 11.9. The second kappa shape index (κ2) is 7.70. The first-order chi connectivity index (χ1) is 12.1. The number of nitrogens with one attached hydrogen (secondary N) is 1. The molecule has 0 radical (unpaired) electrons. The Kier molecular flexibility index (Phi) is 5.39. The Morgan fingerprint density at radius 1 is 1.20 bits per heavy atom. The van der Waals surface area contributed by atoms with Crippen molar-refractivity contribution in [3.63, 3.8) is 0 Å². The van der Waals surface area contributed by atoms with E-state index in [1.165, 1.54) is 4.68 Å². The predicted octanol–water partition coefficient (Wildman–Crippen LogP) is -1.31. The van der Waals surface area contributed by atoms with Gasteiger partial charge in [0.2, 0.25) is 0 Å². The van der Waals surface area contributed by atoms with Crippen molar-refractivity contribution in [1.82, 2.24) is 20.3 Å². The van der Waals surface area contributed by atoms with Crippen molar-refractivity contribution >= 4 is 5.97 Å². The molecule has 0 aliphatic carbocycles. The fraction of sp³-hybridized carbons (Fsp3) is 0.438. The van der Waals surface area contributed by atoms with Crippen molar-refractivity contribution in [2.45, 2.75) is 37.4 Å². The summed E-state index contributed by atoms with van der Waals surface area (Å²) in [6, 6.07) is 7.60. The highest BCUT2D eigenvalue weighted by molar-refractivity contribution is 5.89. The largest absolute Gasteiger partial charge is 0.455 e. The zero-order valence-corrected chi connectivity index (χ0v) is 13.4. The lowest BCUT2D eigenvalue weighted by molar-refractivity contribution is 0.0175. The molecular weight excluding hydrogens is 328 g/mol. The number of aliphatic hydroxyl groups is 3. The Morgan fingerprint density at radius 3 is 2.60 bits per heavy atom. The van der Waals surface area contributed by atoms with E-state index in [4.69, 9.17) is 9.84 Å². The maximum absolute atomic E-state index is 11.9. The summed E-state index contributed by atoms with van der Waals surface area (Å²) in [5.41, 5.74) is 0.924. The Balaban J connectivity index is 1.53. The lowest BCUT2D eigenvalue weighted by Gasteiger charge is -2.15. The van der Waals surface area contributed by atoms with Gasteiger partial charge in [0, 0.05) is 0 Å². The molecule has 2 aromatic rings. The van der Waals surface area contributed by atoms with Gasteiger partial charge in [-0.3, -0.25) is 4.68 Å². The highest BCUT2D eigenvalue weighted by Gasteiger charge is 2.40. The summed E-state index contributed by atoms with van der Waals surface area (Å²) in [7, 11) is 0. The molecule has 0 unspecified atom stereocenters. The first-order valence-corrected chi connectivity index (χ1v) is 7.92. The topological polar surface area (TPSA) is 130 Å². The fourth-order valence-electron chi connectivity index (χ4n) is 2.76. The van der Waals surface area contributed by atoms with Crippen LogP contribution < -0.4 is 5.32 Å². The summed E-state index contributed by atoms with van der Waals surface area (Å²) in [5, 5.41) is 39.7. The zero-order valence-electron chi connectivity index (χ0n) is 13.4. The van der Waals surface area contributed by atoms with Crippen molar-refractivity contribution in [1.29, 1.82) is 0 Å². The molecule has 1 saturated heterocycles. The predicted molar refractivity (Wildman–Crippen MR) is 85.4 cm³/mol. The summed E-state index contributed by atoms with van der Waals surface area (Å²) >= 11 is 0. The molecule has 0 saturated carbocycles. The van der Waals surface area contributed by atoms with Crippen LogP contribution in [0.2, 0.25) is 0 Å². The van der Waals surface area contributed by atoms with Gasteiger partial charge in [-0.25, -0.2) is 4.79 Å². The van der Waals surface area contributed by atoms with Crippen LogP contribution in [0.3, 0.4) is 0 Å². The van der Waals surface area contributed by atoms with Crippen molar-refractivity contribution in [2.24, 2.45) is 0 Å². The summed E-state index contributed by atoms with van der Waals surface area (Å²) in [6.45, 7) is -0.0304. The van der Waals surface area contributed by atoms with Gasteiger partial charge < -0.3 is 25.4 Å². The van der Waals surface area contributed by atoms with E-state index in [1.54, 1.807) is 30.5 Å². The van der Waals surface area contributed by atoms with Gasteiger partial charge >= 0.3 is 5.97 Å². The van der Waals surface area contributed by atoms with Crippen molar-refractivity contribution in [3.05, 3.63) is 47.8 Å². The summed E-state index contributed by atoms with van der Waals surface area (Å²) in [6.07, 6.45) is -0.448. The van der Waals surface area contributed by atoms with Crippen molar-refractivity contribution in [3.8, 4) is 0 Å². The van der Waals surface area contributed by atoms with E-state index in [-0.39, 0.29) is 19.8 Å². The molecule has 9 nitrogen and oxygen atoms in total. The van der Waals surface area contributed by atoms with Gasteiger partial charge in [-0.15, -0.1) is 5.10 Å². The quantitative estimate of drug-likeness (QED) is 0.474. The standard InChI is InChI=1S/C16H20N4O5/c21-8-13-15(23)14(22)12(17-13)7-20-6-11(18-19-20)9-25-16(24)10-4-2-1-3-5-10/h1-6,12-15,17,21-23H,7-9H2/t12-,13-,14-,15-/m1/s1. The molecule has 3 rings (SSSR count). The number of carbonyl (C=O) groups is 1. The molecule has 1 aromatic carbocycles. The Bertz CT molecular complexity index is 708. The third-order valence-electron chi connectivity index (χ3n) is 4.13. The summed E-state index contributed by atoms with van der Waals surface area (Å²) in [4.78, 5) is 11.9. The third-order valence-corrected chi connectivity index (χ3v) is 4.13. The van der Waals surface area contributed by atoms with Gasteiger partial charge in [0.05, 0.1) is 49.2 Å². The molecule has 2 heterocycles. The number of aliphatic hydroxyl groups excluding tert-OH is 3. The third kappa shape index (κ3) is 4.02. The number of hydrogen-bond donors (Lipinski definition) is 4. The van der Waals surface area contributed by atoms with Gasteiger partial charge in [-0.05, 0) is 12.1 Å². The van der Waals surface area contributed by atoms with Gasteiger partial charge in [0.25, 0.3) is 0 Å². The van der Waals surface area contributed by atoms with Crippen LogP contribution in [0.1, 0.15) is 16.1 Å². The highest BCUT2D eigenvalue weighted by atomic mass is 16.5. The molecule has 25 heavy (non-hydrogen) atoms. The molecular formula is C16H20N4O5. The Morgan fingerprint density at radius 2 is 1.92 bits per heavy atom. The van der Waals surface area contributed by atoms with Gasteiger partial charge in [-0.1, -0.05) is 23.4 Å². The molecule has 134 valence electrons. The molecule has 4 N–H and O–H groups in total. The molecule has 1 aliphatic heterocycles. The van der Waals surface area contributed by atoms with Crippen molar-refractivity contribution < 1.29 is 24.9 Å². The van der Waals surface area contributed by atoms with Crippen LogP contribution in [-0.2, 0) is 17.9 Å². The monoisotopic (exact) mass is 348 g/mol. The van der Waals surface area contributed by atoms with Crippen LogP contribution in [0.4, 0.5) is 0 Å². The average molecular weight is 348 g/mol. The molecule has 1 aliphatic rings. The second-order valence-electron chi connectivity index (χ2n) is 5.92. The summed E-state index contributed by atoms with van der Waals surface area (Å²) in [5.74, 6) is -0.447. The van der Waals surface area contributed by atoms with Crippen LogP contribution in [0.25, 0.3) is 0 Å². The molecule has 1 aromatic heterocycles. The molecule has 0 amide bonds. The SMILES string of the molecule is O=C(OCc1cn(C[C@H]2N[C@H](CO)[C@@H](O)[C@@H]2O)nn1)c1ccccc1. The van der Waals surface area contributed by atoms with Crippen LogP contribution in [0.5, 0.6) is 0 Å². The van der Waals surface area contributed by atoms with E-state index < -0.39 is 30.3 Å². The van der Waals surface area contributed by atoms with Crippen LogP contribution in [-0.4, -0.2) is 67.2 Å². The minimum absolute atomic E-state index is 0.0176. The molecule has 4 atom stereocenters. The maximum Gasteiger partial charge on any atom is 0.338 e. The van der Waals surface area contributed by atoms with E-state index in [2.05, 4.69) is 15.6 Å². The average Bonchev–Trinajstić information content (AvgIpc) is 3.20. The van der Waals surface area contributed by atoms with Crippen LogP contribution in [0, 0.1) is 0 Å².